The molecule has 0 fully saturated rings. The van der Waals surface area contributed by atoms with Crippen molar-refractivity contribution < 1.29 is 23.8 Å². The standard InChI is InChI=1S/C23H23NO5/c1-16-18-11-6-7-12-19(18)24-20(22(16)23(26)27-2)15-29-21(25)13-8-14-28-17-9-4-3-5-10-17/h3-7,9-12H,8,13-15H2,1-2H3. The van der Waals surface area contributed by atoms with Crippen LogP contribution in [-0.4, -0.2) is 30.6 Å². The van der Waals surface area contributed by atoms with Gasteiger partial charge in [0.25, 0.3) is 0 Å². The Morgan fingerprint density at radius 2 is 1.72 bits per heavy atom. The first kappa shape index (κ1) is 20.3. The molecule has 6 heteroatoms. The van der Waals surface area contributed by atoms with Gasteiger partial charge in [0.2, 0.25) is 0 Å². The zero-order chi connectivity index (χ0) is 20.6. The van der Waals surface area contributed by atoms with Crippen molar-refractivity contribution in [3.05, 3.63) is 71.4 Å². The molecule has 3 aromatic rings. The van der Waals surface area contributed by atoms with Gasteiger partial charge in [-0.2, -0.15) is 0 Å². The van der Waals surface area contributed by atoms with Crippen LogP contribution in [0.1, 0.15) is 34.5 Å². The monoisotopic (exact) mass is 393 g/mol. The highest BCUT2D eigenvalue weighted by atomic mass is 16.5. The molecule has 0 atom stereocenters. The molecule has 0 radical (unpaired) electrons. The largest absolute Gasteiger partial charge is 0.494 e. The highest BCUT2D eigenvalue weighted by molar-refractivity contribution is 5.98. The molecule has 0 amide bonds. The molecule has 0 spiro atoms. The van der Waals surface area contributed by atoms with E-state index in [0.29, 0.717) is 24.3 Å². The first-order valence-corrected chi connectivity index (χ1v) is 9.40. The molecule has 0 bridgehead atoms. The molecule has 0 aliphatic rings. The summed E-state index contributed by atoms with van der Waals surface area (Å²) in [6.07, 6.45) is 0.745. The average molecular weight is 393 g/mol. The van der Waals surface area contributed by atoms with Crippen LogP contribution in [0.25, 0.3) is 10.9 Å². The minimum absolute atomic E-state index is 0.0888. The summed E-state index contributed by atoms with van der Waals surface area (Å²) in [4.78, 5) is 28.9. The zero-order valence-corrected chi connectivity index (χ0v) is 16.5. The van der Waals surface area contributed by atoms with Gasteiger partial charge in [0.05, 0.1) is 30.5 Å². The minimum Gasteiger partial charge on any atom is -0.494 e. The maximum atomic E-state index is 12.3. The molecule has 0 saturated heterocycles. The molecule has 0 aliphatic carbocycles. The van der Waals surface area contributed by atoms with Gasteiger partial charge in [-0.3, -0.25) is 4.79 Å². The molecule has 1 heterocycles. The molecule has 0 N–H and O–H groups in total. The number of esters is 2. The Hall–Kier alpha value is -3.41. The topological polar surface area (TPSA) is 74.7 Å². The third-order valence-electron chi connectivity index (χ3n) is 4.52. The van der Waals surface area contributed by atoms with Crippen molar-refractivity contribution in [1.82, 2.24) is 4.98 Å². The summed E-state index contributed by atoms with van der Waals surface area (Å²) in [5, 5.41) is 0.862. The number of benzene rings is 2. The Labute approximate surface area is 169 Å². The van der Waals surface area contributed by atoms with E-state index in [1.807, 2.05) is 61.5 Å². The Morgan fingerprint density at radius 3 is 2.48 bits per heavy atom. The van der Waals surface area contributed by atoms with Crippen molar-refractivity contribution in [3.8, 4) is 5.75 Å². The lowest BCUT2D eigenvalue weighted by molar-refractivity contribution is -0.145. The van der Waals surface area contributed by atoms with E-state index in [4.69, 9.17) is 14.2 Å². The number of fused-ring (bicyclic) bond motifs is 1. The van der Waals surface area contributed by atoms with Crippen molar-refractivity contribution in [3.63, 3.8) is 0 Å². The van der Waals surface area contributed by atoms with Gasteiger partial charge in [-0.1, -0.05) is 36.4 Å². The van der Waals surface area contributed by atoms with E-state index in [2.05, 4.69) is 4.98 Å². The number of nitrogens with zero attached hydrogens (tertiary/aromatic N) is 1. The van der Waals surface area contributed by atoms with E-state index in [-0.39, 0.29) is 19.0 Å². The molecule has 6 nitrogen and oxygen atoms in total. The van der Waals surface area contributed by atoms with Crippen LogP contribution < -0.4 is 4.74 Å². The highest BCUT2D eigenvalue weighted by Crippen LogP contribution is 2.24. The number of carbonyl (C=O) groups is 2. The number of hydrogen-bond donors (Lipinski definition) is 0. The van der Waals surface area contributed by atoms with E-state index in [1.165, 1.54) is 7.11 Å². The van der Waals surface area contributed by atoms with E-state index in [1.54, 1.807) is 0 Å². The average Bonchev–Trinajstić information content (AvgIpc) is 2.75. The van der Waals surface area contributed by atoms with Crippen molar-refractivity contribution >= 4 is 22.8 Å². The maximum absolute atomic E-state index is 12.3. The lowest BCUT2D eigenvalue weighted by Gasteiger charge is -2.13. The molecular weight excluding hydrogens is 370 g/mol. The van der Waals surface area contributed by atoms with Gasteiger partial charge in [0.15, 0.2) is 0 Å². The van der Waals surface area contributed by atoms with Crippen LogP contribution in [0.5, 0.6) is 5.75 Å². The smallest absolute Gasteiger partial charge is 0.340 e. The SMILES string of the molecule is COC(=O)c1c(COC(=O)CCCOc2ccccc2)nc2ccccc2c1C. The number of pyridine rings is 1. The zero-order valence-electron chi connectivity index (χ0n) is 16.5. The van der Waals surface area contributed by atoms with Crippen LogP contribution in [0.15, 0.2) is 54.6 Å². The van der Waals surface area contributed by atoms with Gasteiger partial charge in [-0.25, -0.2) is 9.78 Å². The number of rotatable bonds is 8. The fourth-order valence-corrected chi connectivity index (χ4v) is 3.06. The summed E-state index contributed by atoms with van der Waals surface area (Å²) < 4.78 is 15.8. The van der Waals surface area contributed by atoms with Crippen molar-refractivity contribution in [2.45, 2.75) is 26.4 Å². The number of methoxy groups -OCH3 is 1. The Balaban J connectivity index is 1.61. The predicted molar refractivity (Wildman–Crippen MR) is 109 cm³/mol. The summed E-state index contributed by atoms with van der Waals surface area (Å²) in [7, 11) is 1.32. The molecular formula is C23H23NO5. The Morgan fingerprint density at radius 1 is 1.00 bits per heavy atom. The molecule has 0 aliphatic heterocycles. The van der Waals surface area contributed by atoms with Crippen LogP contribution in [0.4, 0.5) is 0 Å². The highest BCUT2D eigenvalue weighted by Gasteiger charge is 2.20. The third kappa shape index (κ3) is 5.10. The fraction of sp³-hybridized carbons (Fsp3) is 0.261. The van der Waals surface area contributed by atoms with Gasteiger partial charge in [-0.05, 0) is 37.1 Å². The third-order valence-corrected chi connectivity index (χ3v) is 4.52. The lowest BCUT2D eigenvalue weighted by atomic mass is 10.0. The quantitative estimate of drug-likeness (QED) is 0.421. The molecule has 2 aromatic carbocycles. The van der Waals surface area contributed by atoms with Gasteiger partial charge in [0, 0.05) is 11.8 Å². The van der Waals surface area contributed by atoms with Crippen LogP contribution in [0.2, 0.25) is 0 Å². The second kappa shape index (κ2) is 9.68. The summed E-state index contributed by atoms with van der Waals surface area (Å²) in [6, 6.07) is 16.9. The second-order valence-corrected chi connectivity index (χ2v) is 6.49. The summed E-state index contributed by atoms with van der Waals surface area (Å²) in [6.45, 7) is 2.16. The first-order chi connectivity index (χ1) is 14.1. The number of aryl methyl sites for hydroxylation is 1. The number of hydrogen-bond acceptors (Lipinski definition) is 6. The number of carbonyl (C=O) groups excluding carboxylic acids is 2. The Bertz CT molecular complexity index is 1000. The van der Waals surface area contributed by atoms with E-state index < -0.39 is 5.97 Å². The van der Waals surface area contributed by atoms with E-state index >= 15 is 0 Å². The summed E-state index contributed by atoms with van der Waals surface area (Å²) >= 11 is 0. The van der Waals surface area contributed by atoms with E-state index in [9.17, 15) is 9.59 Å². The van der Waals surface area contributed by atoms with Crippen molar-refractivity contribution in [2.75, 3.05) is 13.7 Å². The molecule has 0 saturated carbocycles. The lowest BCUT2D eigenvalue weighted by Crippen LogP contribution is -2.14. The fourth-order valence-electron chi connectivity index (χ4n) is 3.06. The van der Waals surface area contributed by atoms with Crippen LogP contribution in [0.3, 0.4) is 0 Å². The van der Waals surface area contributed by atoms with Crippen molar-refractivity contribution in [1.29, 1.82) is 0 Å². The van der Waals surface area contributed by atoms with Crippen molar-refractivity contribution in [2.24, 2.45) is 0 Å². The molecule has 150 valence electrons. The molecule has 0 unspecified atom stereocenters. The van der Waals surface area contributed by atoms with Gasteiger partial charge < -0.3 is 14.2 Å². The van der Waals surface area contributed by atoms with Crippen LogP contribution in [-0.2, 0) is 20.9 Å². The summed E-state index contributed by atoms with van der Waals surface area (Å²) in [5.41, 5.74) is 2.22. The molecule has 29 heavy (non-hydrogen) atoms. The first-order valence-electron chi connectivity index (χ1n) is 9.40. The maximum Gasteiger partial charge on any atom is 0.340 e. The molecule has 1 aromatic heterocycles. The minimum atomic E-state index is -0.497. The van der Waals surface area contributed by atoms with Gasteiger partial charge in [0.1, 0.15) is 12.4 Å². The van der Waals surface area contributed by atoms with Crippen LogP contribution >= 0.6 is 0 Å². The number of ether oxygens (including phenoxy) is 3. The predicted octanol–water partition coefficient (Wildman–Crippen LogP) is 4.23. The summed E-state index contributed by atoms with van der Waals surface area (Å²) in [5.74, 6) is -0.104. The van der Waals surface area contributed by atoms with Gasteiger partial charge >= 0.3 is 11.9 Å². The van der Waals surface area contributed by atoms with E-state index in [0.717, 1.165) is 22.2 Å². The van der Waals surface area contributed by atoms with Crippen LogP contribution in [0, 0.1) is 6.92 Å². The second-order valence-electron chi connectivity index (χ2n) is 6.49. The normalized spacial score (nSPS) is 10.6. The Kier molecular flexibility index (Phi) is 6.79. The van der Waals surface area contributed by atoms with Gasteiger partial charge in [-0.15, -0.1) is 0 Å². The number of para-hydroxylation sites is 2. The molecule has 3 rings (SSSR count). The number of aromatic nitrogens is 1.